The molecule has 2 aliphatic carbocycles. The summed E-state index contributed by atoms with van der Waals surface area (Å²) in [4.78, 5) is 12.4. The Labute approximate surface area is 120 Å². The number of carbonyl (C=O) groups is 1. The summed E-state index contributed by atoms with van der Waals surface area (Å²) in [6.45, 7) is 0.770. The molecule has 20 heavy (non-hydrogen) atoms. The average Bonchev–Trinajstić information content (AvgIpc) is 2.89. The van der Waals surface area contributed by atoms with E-state index in [-0.39, 0.29) is 11.8 Å². The molecule has 0 spiro atoms. The highest BCUT2D eigenvalue weighted by Gasteiger charge is 2.29. The summed E-state index contributed by atoms with van der Waals surface area (Å²) in [6.07, 6.45) is 6.21. The van der Waals surface area contributed by atoms with Crippen LogP contribution in [0.2, 0.25) is 0 Å². The summed E-state index contributed by atoms with van der Waals surface area (Å²) >= 11 is 0. The first-order valence-corrected chi connectivity index (χ1v) is 7.83. The third-order valence-electron chi connectivity index (χ3n) is 4.95. The summed E-state index contributed by atoms with van der Waals surface area (Å²) in [5.41, 5.74) is 8.49. The van der Waals surface area contributed by atoms with Crippen LogP contribution in [0.25, 0.3) is 0 Å². The number of benzene rings is 1. The lowest BCUT2D eigenvalue weighted by molar-refractivity contribution is -0.126. The summed E-state index contributed by atoms with van der Waals surface area (Å²) in [7, 11) is 0. The van der Waals surface area contributed by atoms with Crippen molar-refractivity contribution < 1.29 is 4.79 Å². The van der Waals surface area contributed by atoms with Crippen LogP contribution in [0.4, 0.5) is 0 Å². The number of amides is 1. The highest BCUT2D eigenvalue weighted by Crippen LogP contribution is 2.29. The van der Waals surface area contributed by atoms with Gasteiger partial charge in [0, 0.05) is 12.0 Å². The molecule has 3 rings (SSSR count). The minimum Gasteiger partial charge on any atom is -0.352 e. The van der Waals surface area contributed by atoms with Gasteiger partial charge in [0.05, 0.1) is 0 Å². The molecule has 0 saturated heterocycles. The van der Waals surface area contributed by atoms with E-state index in [2.05, 4.69) is 29.6 Å². The predicted molar refractivity (Wildman–Crippen MR) is 80.3 cm³/mol. The highest BCUT2D eigenvalue weighted by atomic mass is 16.1. The molecule has 0 atom stereocenters. The first-order chi connectivity index (χ1) is 9.76. The van der Waals surface area contributed by atoms with Crippen molar-refractivity contribution in [3.05, 3.63) is 35.4 Å². The predicted octanol–water partition coefficient (Wildman–Crippen LogP) is 2.04. The maximum absolute atomic E-state index is 12.4. The molecule has 3 heteroatoms. The zero-order chi connectivity index (χ0) is 13.9. The van der Waals surface area contributed by atoms with Gasteiger partial charge in [-0.05, 0) is 62.1 Å². The second-order valence-electron chi connectivity index (χ2n) is 6.34. The van der Waals surface area contributed by atoms with Gasteiger partial charge in [0.15, 0.2) is 0 Å². The van der Waals surface area contributed by atoms with Crippen LogP contribution in [0, 0.1) is 11.8 Å². The van der Waals surface area contributed by atoms with Crippen molar-refractivity contribution in [2.75, 3.05) is 6.54 Å². The van der Waals surface area contributed by atoms with Gasteiger partial charge in [-0.2, -0.15) is 0 Å². The first kappa shape index (κ1) is 13.6. The number of nitrogens with one attached hydrogen (secondary N) is 1. The summed E-state index contributed by atoms with van der Waals surface area (Å²) in [5.74, 6) is 1.11. The molecule has 1 saturated carbocycles. The normalized spacial score (nSPS) is 26.2. The van der Waals surface area contributed by atoms with E-state index in [0.717, 1.165) is 45.1 Å². The van der Waals surface area contributed by atoms with Crippen molar-refractivity contribution in [2.45, 2.75) is 44.6 Å². The Balaban J connectivity index is 1.51. The fourth-order valence-corrected chi connectivity index (χ4v) is 3.64. The number of hydrogen-bond acceptors (Lipinski definition) is 2. The summed E-state index contributed by atoms with van der Waals surface area (Å²) < 4.78 is 0. The van der Waals surface area contributed by atoms with Crippen molar-refractivity contribution in [2.24, 2.45) is 17.6 Å². The summed E-state index contributed by atoms with van der Waals surface area (Å²) in [6, 6.07) is 8.81. The molecule has 1 aromatic rings. The van der Waals surface area contributed by atoms with E-state index in [1.54, 1.807) is 0 Å². The van der Waals surface area contributed by atoms with Crippen LogP contribution in [-0.2, 0) is 17.6 Å². The topological polar surface area (TPSA) is 55.1 Å². The summed E-state index contributed by atoms with van der Waals surface area (Å²) in [5, 5.41) is 3.26. The Hall–Kier alpha value is -1.35. The number of nitrogens with two attached hydrogens (primary N) is 1. The fraction of sp³-hybridized carbons (Fsp3) is 0.588. The van der Waals surface area contributed by atoms with Gasteiger partial charge in [0.2, 0.25) is 5.91 Å². The fourth-order valence-electron chi connectivity index (χ4n) is 3.64. The lowest BCUT2D eigenvalue weighted by atomic mass is 9.81. The second kappa shape index (κ2) is 5.96. The van der Waals surface area contributed by atoms with Gasteiger partial charge in [-0.25, -0.2) is 0 Å². The standard InChI is InChI=1S/C17H24N2O/c18-11-12-5-7-13(8-6-12)17(20)19-16-9-14-3-1-2-4-15(14)10-16/h1-4,12-13,16H,5-11,18H2,(H,19,20). The lowest BCUT2D eigenvalue weighted by Gasteiger charge is -2.27. The molecule has 108 valence electrons. The van der Waals surface area contributed by atoms with E-state index in [0.29, 0.717) is 12.0 Å². The molecule has 0 aromatic heterocycles. The number of rotatable bonds is 3. The molecule has 3 N–H and O–H groups in total. The minimum absolute atomic E-state index is 0.210. The molecule has 2 aliphatic rings. The maximum atomic E-state index is 12.4. The third kappa shape index (κ3) is 2.88. The van der Waals surface area contributed by atoms with Gasteiger partial charge in [0.25, 0.3) is 0 Å². The molecule has 1 aromatic carbocycles. The minimum atomic E-state index is 0.210. The van der Waals surface area contributed by atoms with Crippen molar-refractivity contribution in [1.82, 2.24) is 5.32 Å². The van der Waals surface area contributed by atoms with Gasteiger partial charge < -0.3 is 11.1 Å². The van der Waals surface area contributed by atoms with Crippen LogP contribution in [-0.4, -0.2) is 18.5 Å². The van der Waals surface area contributed by atoms with Gasteiger partial charge in [-0.3, -0.25) is 4.79 Å². The van der Waals surface area contributed by atoms with Crippen molar-refractivity contribution in [3.63, 3.8) is 0 Å². The van der Waals surface area contributed by atoms with Crippen LogP contribution < -0.4 is 11.1 Å². The smallest absolute Gasteiger partial charge is 0.223 e. The molecule has 0 bridgehead atoms. The van der Waals surface area contributed by atoms with Gasteiger partial charge >= 0.3 is 0 Å². The van der Waals surface area contributed by atoms with Gasteiger partial charge in [-0.1, -0.05) is 24.3 Å². The Morgan fingerprint density at radius 3 is 2.25 bits per heavy atom. The molecule has 1 fully saturated rings. The Kier molecular flexibility index (Phi) is 4.06. The molecule has 0 unspecified atom stereocenters. The zero-order valence-corrected chi connectivity index (χ0v) is 12.0. The van der Waals surface area contributed by atoms with Gasteiger partial charge in [-0.15, -0.1) is 0 Å². The highest BCUT2D eigenvalue weighted by molar-refractivity contribution is 5.79. The van der Waals surface area contributed by atoms with Crippen molar-refractivity contribution >= 4 is 5.91 Å². The molecular weight excluding hydrogens is 248 g/mol. The second-order valence-corrected chi connectivity index (χ2v) is 6.34. The molecule has 1 amide bonds. The van der Waals surface area contributed by atoms with E-state index < -0.39 is 0 Å². The number of carbonyl (C=O) groups excluding carboxylic acids is 1. The molecule has 3 nitrogen and oxygen atoms in total. The Morgan fingerprint density at radius 2 is 1.70 bits per heavy atom. The largest absolute Gasteiger partial charge is 0.352 e. The van der Waals surface area contributed by atoms with Crippen LogP contribution in [0.15, 0.2) is 24.3 Å². The molecule has 0 aliphatic heterocycles. The monoisotopic (exact) mass is 272 g/mol. The molecule has 0 heterocycles. The number of hydrogen-bond donors (Lipinski definition) is 2. The SMILES string of the molecule is NCC1CCC(C(=O)NC2Cc3ccccc3C2)CC1. The maximum Gasteiger partial charge on any atom is 0.223 e. The quantitative estimate of drug-likeness (QED) is 0.884. The zero-order valence-electron chi connectivity index (χ0n) is 12.0. The molecule has 0 radical (unpaired) electrons. The third-order valence-corrected chi connectivity index (χ3v) is 4.95. The first-order valence-electron chi connectivity index (χ1n) is 7.83. The van der Waals surface area contributed by atoms with E-state index in [4.69, 9.17) is 5.73 Å². The van der Waals surface area contributed by atoms with E-state index >= 15 is 0 Å². The van der Waals surface area contributed by atoms with E-state index in [1.165, 1.54) is 11.1 Å². The molecular formula is C17H24N2O. The van der Waals surface area contributed by atoms with Crippen molar-refractivity contribution in [3.8, 4) is 0 Å². The Morgan fingerprint density at radius 1 is 1.10 bits per heavy atom. The van der Waals surface area contributed by atoms with Crippen LogP contribution in [0.1, 0.15) is 36.8 Å². The van der Waals surface area contributed by atoms with Crippen LogP contribution in [0.3, 0.4) is 0 Å². The Bertz CT molecular complexity index is 453. The lowest BCUT2D eigenvalue weighted by Crippen LogP contribution is -2.40. The van der Waals surface area contributed by atoms with Crippen LogP contribution >= 0.6 is 0 Å². The van der Waals surface area contributed by atoms with Gasteiger partial charge in [0.1, 0.15) is 0 Å². The van der Waals surface area contributed by atoms with E-state index in [9.17, 15) is 4.79 Å². The van der Waals surface area contributed by atoms with Crippen molar-refractivity contribution in [1.29, 1.82) is 0 Å². The van der Waals surface area contributed by atoms with Crippen LogP contribution in [0.5, 0.6) is 0 Å². The average molecular weight is 272 g/mol. The number of fused-ring (bicyclic) bond motifs is 1. The van der Waals surface area contributed by atoms with E-state index in [1.807, 2.05) is 0 Å².